The molecule has 0 fully saturated rings. The smallest absolute Gasteiger partial charge is 0.232 e. The van der Waals surface area contributed by atoms with Gasteiger partial charge in [0.1, 0.15) is 12.1 Å². The molecule has 0 saturated carbocycles. The average molecular weight is 273 g/mol. The van der Waals surface area contributed by atoms with E-state index in [0.29, 0.717) is 25.8 Å². The van der Waals surface area contributed by atoms with Gasteiger partial charge in [0.05, 0.1) is 12.8 Å². The van der Waals surface area contributed by atoms with Gasteiger partial charge < -0.3 is 10.5 Å². The van der Waals surface area contributed by atoms with E-state index in [1.165, 1.54) is 4.57 Å². The van der Waals surface area contributed by atoms with Gasteiger partial charge in [-0.05, 0) is 24.6 Å². The Kier molecular flexibility index (Phi) is 4.90. The number of hydrogen-bond acceptors (Lipinski definition) is 4. The average Bonchev–Trinajstić information content (AvgIpc) is 2.94. The molecule has 1 aromatic heterocycles. The third-order valence-electron chi connectivity index (χ3n) is 3.13. The van der Waals surface area contributed by atoms with Crippen LogP contribution in [0.25, 0.3) is 0 Å². The second-order valence-corrected chi connectivity index (χ2v) is 4.52. The van der Waals surface area contributed by atoms with E-state index in [4.69, 9.17) is 10.5 Å². The number of aromatic nitrogens is 2. The van der Waals surface area contributed by atoms with E-state index in [0.717, 1.165) is 17.0 Å². The maximum absolute atomic E-state index is 12.1. The maximum Gasteiger partial charge on any atom is 0.232 e. The second-order valence-electron chi connectivity index (χ2n) is 4.52. The van der Waals surface area contributed by atoms with Crippen molar-refractivity contribution in [2.75, 3.05) is 13.7 Å². The zero-order valence-corrected chi connectivity index (χ0v) is 11.6. The monoisotopic (exact) mass is 273 g/mol. The Morgan fingerprint density at radius 2 is 2.15 bits per heavy atom. The van der Waals surface area contributed by atoms with Crippen LogP contribution in [0.2, 0.25) is 0 Å². The Bertz CT molecular complexity index is 578. The van der Waals surface area contributed by atoms with Gasteiger partial charge in [0, 0.05) is 19.0 Å². The summed E-state index contributed by atoms with van der Waals surface area (Å²) in [6.45, 7) is 0.534. The number of carbonyl (C=O) groups excluding carboxylic acids is 1. The molecular formula is C15H19N3O2. The van der Waals surface area contributed by atoms with Gasteiger partial charge in [0.25, 0.3) is 0 Å². The highest BCUT2D eigenvalue weighted by molar-refractivity contribution is 5.79. The maximum atomic E-state index is 12.1. The highest BCUT2D eigenvalue weighted by atomic mass is 16.5. The van der Waals surface area contributed by atoms with Crippen molar-refractivity contribution in [3.05, 3.63) is 48.0 Å². The van der Waals surface area contributed by atoms with Crippen molar-refractivity contribution in [3.8, 4) is 5.75 Å². The molecule has 5 heteroatoms. The molecule has 0 unspecified atom stereocenters. The van der Waals surface area contributed by atoms with E-state index in [1.807, 2.05) is 24.3 Å². The van der Waals surface area contributed by atoms with Crippen molar-refractivity contribution in [1.82, 2.24) is 9.55 Å². The first-order chi connectivity index (χ1) is 9.74. The Morgan fingerprint density at radius 3 is 2.90 bits per heavy atom. The summed E-state index contributed by atoms with van der Waals surface area (Å²) in [4.78, 5) is 16.2. The molecule has 0 amide bonds. The Morgan fingerprint density at radius 1 is 1.35 bits per heavy atom. The first-order valence-electron chi connectivity index (χ1n) is 6.62. The molecule has 0 atom stereocenters. The number of para-hydroxylation sites is 1. The molecule has 0 spiro atoms. The molecule has 20 heavy (non-hydrogen) atoms. The molecule has 5 nitrogen and oxygen atoms in total. The number of nitrogens with two attached hydrogens (primary N) is 1. The first kappa shape index (κ1) is 14.3. The highest BCUT2D eigenvalue weighted by Crippen LogP contribution is 2.19. The van der Waals surface area contributed by atoms with E-state index in [-0.39, 0.29) is 5.91 Å². The van der Waals surface area contributed by atoms with Gasteiger partial charge in [-0.3, -0.25) is 9.36 Å². The van der Waals surface area contributed by atoms with Crippen molar-refractivity contribution in [2.24, 2.45) is 5.73 Å². The minimum Gasteiger partial charge on any atom is -0.496 e. The summed E-state index contributed by atoms with van der Waals surface area (Å²) < 4.78 is 6.80. The third-order valence-corrected chi connectivity index (χ3v) is 3.13. The summed E-state index contributed by atoms with van der Waals surface area (Å²) in [5.41, 5.74) is 7.34. The SMILES string of the molecule is COc1ccccc1CCC(=O)n1cnc(CCN)c1. The second kappa shape index (κ2) is 6.86. The molecule has 0 radical (unpaired) electrons. The number of nitrogens with zero attached hydrogens (tertiary/aromatic N) is 2. The summed E-state index contributed by atoms with van der Waals surface area (Å²) >= 11 is 0. The zero-order chi connectivity index (χ0) is 14.4. The lowest BCUT2D eigenvalue weighted by Gasteiger charge is -2.07. The fraction of sp³-hybridized carbons (Fsp3) is 0.333. The zero-order valence-electron chi connectivity index (χ0n) is 11.6. The van der Waals surface area contributed by atoms with Gasteiger partial charge in [-0.2, -0.15) is 0 Å². The molecule has 1 heterocycles. The molecule has 2 rings (SSSR count). The van der Waals surface area contributed by atoms with E-state index < -0.39 is 0 Å². The number of hydrogen-bond donors (Lipinski definition) is 1. The summed E-state index contributed by atoms with van der Waals surface area (Å²) in [6.07, 6.45) is 5.05. The van der Waals surface area contributed by atoms with Crippen LogP contribution < -0.4 is 10.5 Å². The summed E-state index contributed by atoms with van der Waals surface area (Å²) in [5.74, 6) is 0.835. The van der Waals surface area contributed by atoms with Crippen molar-refractivity contribution in [3.63, 3.8) is 0 Å². The number of rotatable bonds is 6. The van der Waals surface area contributed by atoms with Gasteiger partial charge in [-0.25, -0.2) is 4.98 Å². The molecule has 106 valence electrons. The molecule has 0 aliphatic heterocycles. The number of methoxy groups -OCH3 is 1. The molecule has 0 aliphatic carbocycles. The quantitative estimate of drug-likeness (QED) is 0.869. The van der Waals surface area contributed by atoms with Crippen LogP contribution in [0.4, 0.5) is 0 Å². The fourth-order valence-corrected chi connectivity index (χ4v) is 2.06. The Balaban J connectivity index is 1.97. The van der Waals surface area contributed by atoms with Crippen LogP contribution in [-0.4, -0.2) is 29.1 Å². The molecule has 1 aromatic carbocycles. The summed E-state index contributed by atoms with van der Waals surface area (Å²) in [6, 6.07) is 7.73. The number of aryl methyl sites for hydroxylation is 1. The van der Waals surface area contributed by atoms with Crippen molar-refractivity contribution in [2.45, 2.75) is 19.3 Å². The minimum absolute atomic E-state index is 0.0201. The van der Waals surface area contributed by atoms with Crippen LogP contribution in [0.15, 0.2) is 36.8 Å². The van der Waals surface area contributed by atoms with Crippen LogP contribution in [0.1, 0.15) is 22.5 Å². The number of imidazole rings is 1. The van der Waals surface area contributed by atoms with Gasteiger partial charge >= 0.3 is 0 Å². The largest absolute Gasteiger partial charge is 0.496 e. The Labute approximate surface area is 118 Å². The predicted octanol–water partition coefficient (Wildman–Crippen LogP) is 1.67. The van der Waals surface area contributed by atoms with Crippen LogP contribution in [-0.2, 0) is 12.8 Å². The van der Waals surface area contributed by atoms with Crippen LogP contribution in [0.5, 0.6) is 5.75 Å². The summed E-state index contributed by atoms with van der Waals surface area (Å²) in [7, 11) is 1.63. The normalized spacial score (nSPS) is 10.5. The molecule has 2 N–H and O–H groups in total. The van der Waals surface area contributed by atoms with Gasteiger partial charge in [0.2, 0.25) is 5.91 Å². The van der Waals surface area contributed by atoms with E-state index in [1.54, 1.807) is 19.6 Å². The van der Waals surface area contributed by atoms with Gasteiger partial charge in [-0.1, -0.05) is 18.2 Å². The lowest BCUT2D eigenvalue weighted by atomic mass is 10.1. The topological polar surface area (TPSA) is 70.1 Å². The third kappa shape index (κ3) is 3.45. The van der Waals surface area contributed by atoms with Crippen LogP contribution in [0.3, 0.4) is 0 Å². The first-order valence-corrected chi connectivity index (χ1v) is 6.62. The number of carbonyl (C=O) groups is 1. The standard InChI is InChI=1S/C15H19N3O2/c1-20-14-5-3-2-4-12(14)6-7-15(19)18-10-13(8-9-16)17-11-18/h2-5,10-11H,6-9,16H2,1H3. The lowest BCUT2D eigenvalue weighted by Crippen LogP contribution is -2.10. The van der Waals surface area contributed by atoms with Crippen LogP contribution >= 0.6 is 0 Å². The minimum atomic E-state index is 0.0201. The number of ether oxygens (including phenoxy) is 1. The van der Waals surface area contributed by atoms with Gasteiger partial charge in [-0.15, -0.1) is 0 Å². The van der Waals surface area contributed by atoms with Crippen molar-refractivity contribution >= 4 is 5.91 Å². The molecule has 0 saturated heterocycles. The highest BCUT2D eigenvalue weighted by Gasteiger charge is 2.09. The lowest BCUT2D eigenvalue weighted by molar-refractivity contribution is 0.0902. The van der Waals surface area contributed by atoms with Crippen molar-refractivity contribution in [1.29, 1.82) is 0 Å². The molecule has 0 bridgehead atoms. The molecule has 2 aromatic rings. The van der Waals surface area contributed by atoms with E-state index in [9.17, 15) is 4.79 Å². The molecular weight excluding hydrogens is 254 g/mol. The summed E-state index contributed by atoms with van der Waals surface area (Å²) in [5, 5.41) is 0. The molecule has 0 aliphatic rings. The Hall–Kier alpha value is -2.14. The van der Waals surface area contributed by atoms with E-state index >= 15 is 0 Å². The van der Waals surface area contributed by atoms with Crippen molar-refractivity contribution < 1.29 is 9.53 Å². The fourth-order valence-electron chi connectivity index (χ4n) is 2.06. The van der Waals surface area contributed by atoms with Crippen LogP contribution in [0, 0.1) is 0 Å². The number of benzene rings is 1. The predicted molar refractivity (Wildman–Crippen MR) is 76.9 cm³/mol. The van der Waals surface area contributed by atoms with E-state index in [2.05, 4.69) is 4.98 Å². The van der Waals surface area contributed by atoms with Gasteiger partial charge in [0.15, 0.2) is 0 Å².